The molecule has 4 heteroatoms. The number of esters is 1. The zero-order valence-corrected chi connectivity index (χ0v) is 8.12. The van der Waals surface area contributed by atoms with Crippen LogP contribution in [0.15, 0.2) is 28.9 Å². The molecule has 0 N–H and O–H groups in total. The molecule has 0 bridgehead atoms. The number of halogens is 1. The maximum Gasteiger partial charge on any atom is 0.342 e. The number of ether oxygens (including phenoxy) is 1. The third-order valence-electron chi connectivity index (χ3n) is 2.04. The summed E-state index contributed by atoms with van der Waals surface area (Å²) < 4.78 is 23.3. The molecule has 1 aromatic carbocycles. The molecule has 78 valence electrons. The summed E-state index contributed by atoms with van der Waals surface area (Å²) in [7, 11) is 0. The molecule has 0 aliphatic heterocycles. The molecular formula is C11H9FO3. The Kier molecular flexibility index (Phi) is 2.41. The van der Waals surface area contributed by atoms with Crippen LogP contribution in [0.2, 0.25) is 0 Å². The monoisotopic (exact) mass is 208 g/mol. The van der Waals surface area contributed by atoms with Gasteiger partial charge in [-0.3, -0.25) is 0 Å². The second-order valence-electron chi connectivity index (χ2n) is 2.98. The number of rotatable bonds is 2. The van der Waals surface area contributed by atoms with Crippen LogP contribution in [0.25, 0.3) is 11.0 Å². The highest BCUT2D eigenvalue weighted by Gasteiger charge is 2.17. The number of furan rings is 1. The Balaban J connectivity index is 2.57. The lowest BCUT2D eigenvalue weighted by atomic mass is 10.1. The summed E-state index contributed by atoms with van der Waals surface area (Å²) in [4.78, 5) is 11.4. The Hall–Kier alpha value is -1.84. The lowest BCUT2D eigenvalue weighted by molar-refractivity contribution is 0.0527. The van der Waals surface area contributed by atoms with Gasteiger partial charge in [-0.05, 0) is 19.1 Å². The van der Waals surface area contributed by atoms with Crippen molar-refractivity contribution in [3.63, 3.8) is 0 Å². The molecule has 0 fully saturated rings. The smallest absolute Gasteiger partial charge is 0.342 e. The second-order valence-corrected chi connectivity index (χ2v) is 2.98. The molecule has 1 heterocycles. The third-order valence-corrected chi connectivity index (χ3v) is 2.04. The fraction of sp³-hybridized carbons (Fsp3) is 0.182. The first kappa shape index (κ1) is 9.71. The molecular weight excluding hydrogens is 199 g/mol. The minimum atomic E-state index is -0.568. The highest BCUT2D eigenvalue weighted by atomic mass is 19.1. The van der Waals surface area contributed by atoms with E-state index in [1.165, 1.54) is 18.4 Å². The molecule has 0 radical (unpaired) electrons. The van der Waals surface area contributed by atoms with Crippen LogP contribution in [-0.2, 0) is 4.74 Å². The summed E-state index contributed by atoms with van der Waals surface area (Å²) >= 11 is 0. The Morgan fingerprint density at radius 1 is 1.53 bits per heavy atom. The van der Waals surface area contributed by atoms with E-state index >= 15 is 0 Å². The van der Waals surface area contributed by atoms with Crippen molar-refractivity contribution in [1.29, 1.82) is 0 Å². The number of benzene rings is 1. The van der Waals surface area contributed by atoms with Gasteiger partial charge in [-0.25, -0.2) is 9.18 Å². The van der Waals surface area contributed by atoms with Gasteiger partial charge in [0, 0.05) is 0 Å². The first-order chi connectivity index (χ1) is 7.24. The van der Waals surface area contributed by atoms with Crippen LogP contribution >= 0.6 is 0 Å². The van der Waals surface area contributed by atoms with Crippen molar-refractivity contribution in [2.75, 3.05) is 6.61 Å². The van der Waals surface area contributed by atoms with Gasteiger partial charge in [-0.2, -0.15) is 0 Å². The van der Waals surface area contributed by atoms with E-state index in [1.54, 1.807) is 13.0 Å². The van der Waals surface area contributed by atoms with Gasteiger partial charge >= 0.3 is 5.97 Å². The van der Waals surface area contributed by atoms with Crippen molar-refractivity contribution < 1.29 is 18.3 Å². The lowest BCUT2D eigenvalue weighted by Gasteiger charge is -1.98. The Bertz CT molecular complexity index is 502. The molecule has 3 nitrogen and oxygen atoms in total. The molecule has 0 unspecified atom stereocenters. The zero-order valence-electron chi connectivity index (χ0n) is 8.12. The summed E-state index contributed by atoms with van der Waals surface area (Å²) in [6, 6.07) is 4.40. The zero-order chi connectivity index (χ0) is 10.8. The maximum absolute atomic E-state index is 13.4. The van der Waals surface area contributed by atoms with Crippen molar-refractivity contribution in [1.82, 2.24) is 0 Å². The SMILES string of the molecule is CCOC(=O)c1coc2cccc(F)c12. The standard InChI is InChI=1S/C11H9FO3/c1-2-14-11(13)7-6-15-9-5-3-4-8(12)10(7)9/h3-6H,2H2,1H3. The van der Waals surface area contributed by atoms with Gasteiger partial charge in [0.2, 0.25) is 0 Å². The maximum atomic E-state index is 13.4. The molecule has 2 aromatic rings. The predicted molar refractivity (Wildman–Crippen MR) is 52.1 cm³/mol. The Morgan fingerprint density at radius 2 is 2.33 bits per heavy atom. The van der Waals surface area contributed by atoms with Gasteiger partial charge in [-0.15, -0.1) is 0 Å². The molecule has 2 rings (SSSR count). The molecule has 1 aromatic heterocycles. The van der Waals surface area contributed by atoms with Crippen LogP contribution in [0.5, 0.6) is 0 Å². The van der Waals surface area contributed by atoms with E-state index in [0.717, 1.165) is 0 Å². The van der Waals surface area contributed by atoms with Crippen molar-refractivity contribution in [3.05, 3.63) is 35.8 Å². The number of hydrogen-bond donors (Lipinski definition) is 0. The van der Waals surface area contributed by atoms with Crippen molar-refractivity contribution in [2.45, 2.75) is 6.92 Å². The minimum absolute atomic E-state index is 0.130. The summed E-state index contributed by atoms with van der Waals surface area (Å²) in [5.74, 6) is -1.05. The molecule has 0 saturated heterocycles. The average Bonchev–Trinajstić information content (AvgIpc) is 2.63. The number of hydrogen-bond acceptors (Lipinski definition) is 3. The first-order valence-corrected chi connectivity index (χ1v) is 4.57. The molecule has 0 saturated carbocycles. The molecule has 0 atom stereocenters. The number of carbonyl (C=O) groups is 1. The van der Waals surface area contributed by atoms with Crippen LogP contribution in [0, 0.1) is 5.82 Å². The molecule has 0 spiro atoms. The largest absolute Gasteiger partial charge is 0.463 e. The van der Waals surface area contributed by atoms with E-state index in [-0.39, 0.29) is 17.6 Å². The summed E-state index contributed by atoms with van der Waals surface area (Å²) in [6.07, 6.45) is 1.21. The van der Waals surface area contributed by atoms with E-state index in [2.05, 4.69) is 0 Å². The summed E-state index contributed by atoms with van der Waals surface area (Å²) in [5.41, 5.74) is 0.475. The van der Waals surface area contributed by atoms with Crippen molar-refractivity contribution in [3.8, 4) is 0 Å². The molecule has 0 aliphatic carbocycles. The molecule has 0 amide bonds. The van der Waals surface area contributed by atoms with Gasteiger partial charge in [0.15, 0.2) is 0 Å². The van der Waals surface area contributed by atoms with Gasteiger partial charge in [0.05, 0.1) is 12.0 Å². The predicted octanol–water partition coefficient (Wildman–Crippen LogP) is 2.75. The third kappa shape index (κ3) is 1.58. The first-order valence-electron chi connectivity index (χ1n) is 4.57. The Labute approximate surface area is 85.4 Å². The van der Waals surface area contributed by atoms with E-state index in [9.17, 15) is 9.18 Å². The van der Waals surface area contributed by atoms with Crippen LogP contribution in [0.3, 0.4) is 0 Å². The van der Waals surface area contributed by atoms with E-state index in [4.69, 9.17) is 9.15 Å². The molecule has 15 heavy (non-hydrogen) atoms. The van der Waals surface area contributed by atoms with E-state index in [1.807, 2.05) is 0 Å². The summed E-state index contributed by atoms with van der Waals surface area (Å²) in [6.45, 7) is 1.94. The van der Waals surface area contributed by atoms with Crippen LogP contribution in [0.1, 0.15) is 17.3 Å². The summed E-state index contributed by atoms with van der Waals surface area (Å²) in [5, 5.41) is 0.177. The highest BCUT2D eigenvalue weighted by Crippen LogP contribution is 2.24. The van der Waals surface area contributed by atoms with Crippen molar-refractivity contribution >= 4 is 16.9 Å². The highest BCUT2D eigenvalue weighted by molar-refractivity contribution is 6.03. The number of carbonyl (C=O) groups excluding carboxylic acids is 1. The Morgan fingerprint density at radius 3 is 3.07 bits per heavy atom. The fourth-order valence-corrected chi connectivity index (χ4v) is 1.40. The van der Waals surface area contributed by atoms with Gasteiger partial charge in [-0.1, -0.05) is 6.07 Å². The lowest BCUT2D eigenvalue weighted by Crippen LogP contribution is -2.03. The van der Waals surface area contributed by atoms with Crippen LogP contribution in [-0.4, -0.2) is 12.6 Å². The van der Waals surface area contributed by atoms with E-state index in [0.29, 0.717) is 5.58 Å². The van der Waals surface area contributed by atoms with Gasteiger partial charge in [0.25, 0.3) is 0 Å². The normalized spacial score (nSPS) is 10.5. The van der Waals surface area contributed by atoms with Crippen LogP contribution < -0.4 is 0 Å². The van der Waals surface area contributed by atoms with Gasteiger partial charge < -0.3 is 9.15 Å². The van der Waals surface area contributed by atoms with E-state index < -0.39 is 11.8 Å². The minimum Gasteiger partial charge on any atom is -0.463 e. The molecule has 0 aliphatic rings. The quantitative estimate of drug-likeness (QED) is 0.712. The van der Waals surface area contributed by atoms with Gasteiger partial charge in [0.1, 0.15) is 23.2 Å². The second kappa shape index (κ2) is 3.73. The topological polar surface area (TPSA) is 39.4 Å². The fourth-order valence-electron chi connectivity index (χ4n) is 1.40. The van der Waals surface area contributed by atoms with Crippen molar-refractivity contribution in [2.24, 2.45) is 0 Å². The van der Waals surface area contributed by atoms with Crippen LogP contribution in [0.4, 0.5) is 4.39 Å². The average molecular weight is 208 g/mol. The number of fused-ring (bicyclic) bond motifs is 1.